The number of carbonyl (C=O) groups excluding carboxylic acids is 1. The lowest BCUT2D eigenvalue weighted by Crippen LogP contribution is -2.42. The van der Waals surface area contributed by atoms with Crippen LogP contribution in [0.5, 0.6) is 0 Å². The number of halogens is 1. The lowest BCUT2D eigenvalue weighted by molar-refractivity contribution is 0.0185. The zero-order valence-electron chi connectivity index (χ0n) is 15.1. The number of ether oxygens (including phenoxy) is 1. The minimum absolute atomic E-state index is 0.243. The summed E-state index contributed by atoms with van der Waals surface area (Å²) in [5.41, 5.74) is 6.80. The summed E-state index contributed by atoms with van der Waals surface area (Å²) >= 11 is 3.36. The Hall–Kier alpha value is -2.16. The molecule has 0 aromatic carbocycles. The normalized spacial score (nSPS) is 15.9. The third-order valence-corrected chi connectivity index (χ3v) is 4.80. The minimum atomic E-state index is -0.473. The van der Waals surface area contributed by atoms with Crippen molar-refractivity contribution in [2.45, 2.75) is 45.3 Å². The van der Waals surface area contributed by atoms with Gasteiger partial charge < -0.3 is 15.4 Å². The van der Waals surface area contributed by atoms with Crippen molar-refractivity contribution in [1.82, 2.24) is 24.9 Å². The van der Waals surface area contributed by atoms with Crippen LogP contribution in [-0.4, -0.2) is 49.7 Å². The van der Waals surface area contributed by atoms with Gasteiger partial charge >= 0.3 is 6.09 Å². The van der Waals surface area contributed by atoms with Crippen molar-refractivity contribution < 1.29 is 9.53 Å². The molecule has 2 aromatic heterocycles. The van der Waals surface area contributed by atoms with Crippen molar-refractivity contribution in [2.75, 3.05) is 18.8 Å². The average Bonchev–Trinajstić information content (AvgIpc) is 3.06. The summed E-state index contributed by atoms with van der Waals surface area (Å²) in [5, 5.41) is 12.5. The summed E-state index contributed by atoms with van der Waals surface area (Å²) in [5.74, 6) is 0.357. The second-order valence-electron chi connectivity index (χ2n) is 7.37. The number of hydrogen-bond donors (Lipinski definition) is 1. The van der Waals surface area contributed by atoms with Gasteiger partial charge in [0.1, 0.15) is 5.60 Å². The molecule has 1 aliphatic rings. The van der Waals surface area contributed by atoms with E-state index in [1.165, 1.54) is 0 Å². The van der Waals surface area contributed by atoms with E-state index in [4.69, 9.17) is 10.5 Å². The fourth-order valence-corrected chi connectivity index (χ4v) is 3.12. The highest BCUT2D eigenvalue weighted by molar-refractivity contribution is 9.10. The average molecular weight is 423 g/mol. The largest absolute Gasteiger partial charge is 0.444 e. The summed E-state index contributed by atoms with van der Waals surface area (Å²) in [6, 6.07) is 2.07. The Morgan fingerprint density at radius 1 is 1.31 bits per heavy atom. The topological polar surface area (TPSA) is 99.2 Å². The van der Waals surface area contributed by atoms with Gasteiger partial charge in [-0.25, -0.2) is 4.79 Å². The molecule has 26 heavy (non-hydrogen) atoms. The van der Waals surface area contributed by atoms with E-state index in [0.29, 0.717) is 29.1 Å². The van der Waals surface area contributed by atoms with Gasteiger partial charge in [-0.2, -0.15) is 5.10 Å². The van der Waals surface area contributed by atoms with Gasteiger partial charge in [-0.05, 0) is 55.6 Å². The number of nitrogens with two attached hydrogens (primary N) is 1. The fraction of sp³-hybridized carbons (Fsp3) is 0.529. The third-order valence-electron chi connectivity index (χ3n) is 4.16. The number of amides is 1. The van der Waals surface area contributed by atoms with Crippen LogP contribution in [0.2, 0.25) is 0 Å². The minimum Gasteiger partial charge on any atom is -0.444 e. The van der Waals surface area contributed by atoms with Crippen molar-refractivity contribution in [2.24, 2.45) is 0 Å². The molecule has 8 nitrogen and oxygen atoms in total. The SMILES string of the molecule is CC(C)(C)OC(=O)N1CCC(n2cc(-c3cc(Br)c(N)nn3)cn2)CC1. The predicted molar refractivity (Wildman–Crippen MR) is 101 cm³/mol. The van der Waals surface area contributed by atoms with Crippen molar-refractivity contribution >= 4 is 27.8 Å². The molecule has 0 saturated carbocycles. The molecule has 1 aliphatic heterocycles. The number of rotatable bonds is 2. The summed E-state index contributed by atoms with van der Waals surface area (Å²) in [7, 11) is 0. The lowest BCUT2D eigenvalue weighted by Gasteiger charge is -2.33. The van der Waals surface area contributed by atoms with E-state index in [1.807, 2.05) is 37.7 Å². The highest BCUT2D eigenvalue weighted by atomic mass is 79.9. The summed E-state index contributed by atoms with van der Waals surface area (Å²) in [6.45, 7) is 6.94. The maximum Gasteiger partial charge on any atom is 0.410 e. The van der Waals surface area contributed by atoms with E-state index < -0.39 is 5.60 Å². The van der Waals surface area contributed by atoms with Gasteiger partial charge in [0.05, 0.1) is 22.4 Å². The van der Waals surface area contributed by atoms with Crippen molar-refractivity contribution in [3.8, 4) is 11.3 Å². The van der Waals surface area contributed by atoms with E-state index in [0.717, 1.165) is 18.4 Å². The van der Waals surface area contributed by atoms with Crippen molar-refractivity contribution in [1.29, 1.82) is 0 Å². The maximum atomic E-state index is 12.2. The summed E-state index contributed by atoms with van der Waals surface area (Å²) in [6.07, 6.45) is 5.14. The number of nitrogens with zero attached hydrogens (tertiary/aromatic N) is 5. The number of likely N-dealkylation sites (tertiary alicyclic amines) is 1. The molecule has 3 heterocycles. The molecule has 0 atom stereocenters. The molecule has 0 radical (unpaired) electrons. The van der Waals surface area contributed by atoms with E-state index in [9.17, 15) is 4.79 Å². The van der Waals surface area contributed by atoms with Gasteiger partial charge in [0, 0.05) is 24.8 Å². The fourth-order valence-electron chi connectivity index (χ4n) is 2.83. The first-order valence-electron chi connectivity index (χ1n) is 8.54. The monoisotopic (exact) mass is 422 g/mol. The first-order chi connectivity index (χ1) is 12.2. The maximum absolute atomic E-state index is 12.2. The molecule has 9 heteroatoms. The Kier molecular flexibility index (Phi) is 5.17. The number of nitrogen functional groups attached to an aromatic ring is 1. The molecule has 3 rings (SSSR count). The molecule has 0 aliphatic carbocycles. The van der Waals surface area contributed by atoms with E-state index in [1.54, 1.807) is 11.1 Å². The number of carbonyl (C=O) groups is 1. The Bertz CT molecular complexity index is 793. The van der Waals surface area contributed by atoms with E-state index in [-0.39, 0.29) is 12.1 Å². The van der Waals surface area contributed by atoms with Gasteiger partial charge in [-0.3, -0.25) is 4.68 Å². The van der Waals surface area contributed by atoms with Gasteiger partial charge in [-0.1, -0.05) is 0 Å². The summed E-state index contributed by atoms with van der Waals surface area (Å²) in [4.78, 5) is 13.9. The van der Waals surface area contributed by atoms with Crippen LogP contribution in [0.1, 0.15) is 39.7 Å². The van der Waals surface area contributed by atoms with E-state index >= 15 is 0 Å². The molecule has 1 amide bonds. The Labute approximate surface area is 160 Å². The van der Waals surface area contributed by atoms with Crippen LogP contribution in [0.15, 0.2) is 22.9 Å². The Morgan fingerprint density at radius 2 is 2.00 bits per heavy atom. The molecule has 0 unspecified atom stereocenters. The highest BCUT2D eigenvalue weighted by Crippen LogP contribution is 2.27. The van der Waals surface area contributed by atoms with Gasteiger partial charge in [0.2, 0.25) is 0 Å². The van der Waals surface area contributed by atoms with Gasteiger partial charge in [0.25, 0.3) is 0 Å². The molecule has 0 spiro atoms. The molecular weight excluding hydrogens is 400 g/mol. The quantitative estimate of drug-likeness (QED) is 0.796. The number of hydrogen-bond acceptors (Lipinski definition) is 6. The van der Waals surface area contributed by atoms with Crippen LogP contribution in [0.25, 0.3) is 11.3 Å². The van der Waals surface area contributed by atoms with Crippen LogP contribution in [0.4, 0.5) is 10.6 Å². The molecule has 0 bridgehead atoms. The number of piperidine rings is 1. The second kappa shape index (κ2) is 7.22. The molecule has 1 saturated heterocycles. The molecular formula is C17H23BrN6O2. The lowest BCUT2D eigenvalue weighted by atomic mass is 10.1. The first kappa shape index (κ1) is 18.6. The highest BCUT2D eigenvalue weighted by Gasteiger charge is 2.28. The molecule has 2 aromatic rings. The van der Waals surface area contributed by atoms with Crippen LogP contribution in [0.3, 0.4) is 0 Å². The Balaban J connectivity index is 1.63. The van der Waals surface area contributed by atoms with E-state index in [2.05, 4.69) is 31.2 Å². The van der Waals surface area contributed by atoms with Crippen LogP contribution >= 0.6 is 15.9 Å². The zero-order valence-corrected chi connectivity index (χ0v) is 16.7. The van der Waals surface area contributed by atoms with Gasteiger partial charge in [0.15, 0.2) is 5.82 Å². The van der Waals surface area contributed by atoms with Crippen LogP contribution in [-0.2, 0) is 4.74 Å². The first-order valence-corrected chi connectivity index (χ1v) is 9.33. The molecule has 2 N–H and O–H groups in total. The van der Waals surface area contributed by atoms with Crippen LogP contribution < -0.4 is 5.73 Å². The van der Waals surface area contributed by atoms with Crippen molar-refractivity contribution in [3.05, 3.63) is 22.9 Å². The zero-order chi connectivity index (χ0) is 18.9. The van der Waals surface area contributed by atoms with Gasteiger partial charge in [-0.15, -0.1) is 10.2 Å². The van der Waals surface area contributed by atoms with Crippen molar-refractivity contribution in [3.63, 3.8) is 0 Å². The summed E-state index contributed by atoms with van der Waals surface area (Å²) < 4.78 is 8.08. The van der Waals surface area contributed by atoms with Crippen LogP contribution in [0, 0.1) is 0 Å². The standard InChI is InChI=1S/C17H23BrN6O2/c1-17(2,3)26-16(25)23-6-4-12(5-7-23)24-10-11(9-20-24)14-8-13(18)15(19)22-21-14/h8-10,12H,4-7H2,1-3H3,(H2,19,22). The Morgan fingerprint density at radius 3 is 2.62 bits per heavy atom. The molecule has 1 fully saturated rings. The predicted octanol–water partition coefficient (Wildman–Crippen LogP) is 3.26. The number of anilines is 1. The smallest absolute Gasteiger partial charge is 0.410 e. The number of aromatic nitrogens is 4. The second-order valence-corrected chi connectivity index (χ2v) is 8.22. The molecule has 140 valence electrons. The third kappa shape index (κ3) is 4.32.